The van der Waals surface area contributed by atoms with Crippen LogP contribution in [0.15, 0.2) is 15.9 Å². The predicted octanol–water partition coefficient (Wildman–Crippen LogP) is 1.85. The Labute approximate surface area is 133 Å². The Balaban J connectivity index is 1.51. The van der Waals surface area contributed by atoms with Gasteiger partial charge in [0.2, 0.25) is 5.91 Å². The second kappa shape index (κ2) is 8.77. The average molecular weight is 360 g/mol. The largest absolute Gasteiger partial charge is 0.356 e. The predicted molar refractivity (Wildman–Crippen MR) is 87.3 cm³/mol. The van der Waals surface area contributed by atoms with Crippen molar-refractivity contribution in [3.05, 3.63) is 20.8 Å². The van der Waals surface area contributed by atoms with Crippen molar-refractivity contribution < 1.29 is 4.79 Å². The van der Waals surface area contributed by atoms with Gasteiger partial charge >= 0.3 is 0 Å². The average Bonchev–Trinajstić information content (AvgIpc) is 2.88. The molecule has 2 rings (SSSR count). The lowest BCUT2D eigenvalue weighted by Gasteiger charge is -2.27. The van der Waals surface area contributed by atoms with Crippen LogP contribution in [0.3, 0.4) is 0 Å². The van der Waals surface area contributed by atoms with Crippen molar-refractivity contribution >= 4 is 33.2 Å². The van der Waals surface area contributed by atoms with E-state index in [0.717, 1.165) is 56.6 Å². The first-order chi connectivity index (χ1) is 9.74. The van der Waals surface area contributed by atoms with Crippen LogP contribution in [0.2, 0.25) is 0 Å². The molecule has 0 bridgehead atoms. The van der Waals surface area contributed by atoms with Crippen LogP contribution in [-0.4, -0.2) is 50.1 Å². The normalized spacial score (nSPS) is 16.2. The molecule has 1 fully saturated rings. The van der Waals surface area contributed by atoms with Crippen molar-refractivity contribution in [2.75, 3.05) is 39.3 Å². The summed E-state index contributed by atoms with van der Waals surface area (Å²) < 4.78 is 1.11. The zero-order chi connectivity index (χ0) is 14.2. The summed E-state index contributed by atoms with van der Waals surface area (Å²) in [5, 5.41) is 8.41. The quantitative estimate of drug-likeness (QED) is 0.730. The number of halogens is 1. The van der Waals surface area contributed by atoms with E-state index >= 15 is 0 Å². The second-order valence-corrected chi connectivity index (χ2v) is 6.94. The molecule has 112 valence electrons. The molecule has 4 nitrogen and oxygen atoms in total. The minimum atomic E-state index is 0.162. The smallest absolute Gasteiger partial charge is 0.220 e. The van der Waals surface area contributed by atoms with Gasteiger partial charge in [-0.3, -0.25) is 4.79 Å². The third-order valence-electron chi connectivity index (χ3n) is 3.40. The number of amides is 1. The van der Waals surface area contributed by atoms with Gasteiger partial charge in [0.25, 0.3) is 0 Å². The summed E-state index contributed by atoms with van der Waals surface area (Å²) in [7, 11) is 0. The Morgan fingerprint density at radius 2 is 2.25 bits per heavy atom. The minimum absolute atomic E-state index is 0.162. The molecule has 6 heteroatoms. The molecule has 20 heavy (non-hydrogen) atoms. The van der Waals surface area contributed by atoms with Gasteiger partial charge in [0.15, 0.2) is 0 Å². The lowest BCUT2D eigenvalue weighted by atomic mass is 10.2. The van der Waals surface area contributed by atoms with Gasteiger partial charge < -0.3 is 15.5 Å². The highest BCUT2D eigenvalue weighted by Gasteiger charge is 2.09. The highest BCUT2D eigenvalue weighted by atomic mass is 79.9. The Morgan fingerprint density at radius 3 is 2.95 bits per heavy atom. The van der Waals surface area contributed by atoms with Crippen LogP contribution in [0.5, 0.6) is 0 Å². The van der Waals surface area contributed by atoms with Crippen molar-refractivity contribution in [2.45, 2.75) is 19.3 Å². The van der Waals surface area contributed by atoms with Crippen LogP contribution >= 0.6 is 27.3 Å². The van der Waals surface area contributed by atoms with Gasteiger partial charge in [-0.2, -0.15) is 0 Å². The number of aryl methyl sites for hydroxylation is 1. The first kappa shape index (κ1) is 15.9. The fourth-order valence-electron chi connectivity index (χ4n) is 2.28. The summed E-state index contributed by atoms with van der Waals surface area (Å²) >= 11 is 5.13. The van der Waals surface area contributed by atoms with E-state index in [4.69, 9.17) is 0 Å². The van der Waals surface area contributed by atoms with Crippen LogP contribution in [0.4, 0.5) is 0 Å². The summed E-state index contributed by atoms with van der Waals surface area (Å²) in [6.45, 7) is 6.30. The molecular weight excluding hydrogens is 338 g/mol. The van der Waals surface area contributed by atoms with E-state index in [0.29, 0.717) is 6.42 Å². The molecule has 1 amide bonds. The summed E-state index contributed by atoms with van der Waals surface area (Å²) in [4.78, 5) is 15.4. The van der Waals surface area contributed by atoms with Crippen LogP contribution < -0.4 is 10.6 Å². The molecule has 0 saturated carbocycles. The molecule has 2 N–H and O–H groups in total. The van der Waals surface area contributed by atoms with E-state index in [1.54, 1.807) is 11.3 Å². The number of carbonyl (C=O) groups is 1. The lowest BCUT2D eigenvalue weighted by Crippen LogP contribution is -2.44. The number of rotatable bonds is 7. The molecule has 1 aliphatic heterocycles. The van der Waals surface area contributed by atoms with E-state index in [-0.39, 0.29) is 5.91 Å². The number of thiophene rings is 1. The Kier molecular flexibility index (Phi) is 6.99. The number of hydrogen-bond donors (Lipinski definition) is 2. The second-order valence-electron chi connectivity index (χ2n) is 5.03. The zero-order valence-electron chi connectivity index (χ0n) is 11.7. The SMILES string of the molecule is O=C(CCc1cc(Br)cs1)NCCCN1CCNCC1. The Morgan fingerprint density at radius 1 is 1.45 bits per heavy atom. The van der Waals surface area contributed by atoms with Crippen LogP contribution in [-0.2, 0) is 11.2 Å². The minimum Gasteiger partial charge on any atom is -0.356 e. The number of hydrogen-bond acceptors (Lipinski definition) is 4. The van der Waals surface area contributed by atoms with Crippen LogP contribution in [0.25, 0.3) is 0 Å². The van der Waals surface area contributed by atoms with Gasteiger partial charge in [-0.15, -0.1) is 11.3 Å². The first-order valence-corrected chi connectivity index (χ1v) is 8.84. The number of nitrogens with one attached hydrogen (secondary N) is 2. The van der Waals surface area contributed by atoms with Crippen molar-refractivity contribution in [1.29, 1.82) is 0 Å². The third-order valence-corrected chi connectivity index (χ3v) is 5.16. The van der Waals surface area contributed by atoms with E-state index < -0.39 is 0 Å². The summed E-state index contributed by atoms with van der Waals surface area (Å²) in [6.07, 6.45) is 2.46. The van der Waals surface area contributed by atoms with E-state index in [1.807, 2.05) is 0 Å². The number of piperazine rings is 1. The van der Waals surface area contributed by atoms with Gasteiger partial charge in [-0.05, 0) is 41.4 Å². The molecule has 0 unspecified atom stereocenters. The zero-order valence-corrected chi connectivity index (χ0v) is 14.1. The molecule has 0 spiro atoms. The molecular formula is C14H22BrN3OS. The van der Waals surface area contributed by atoms with Crippen molar-refractivity contribution in [2.24, 2.45) is 0 Å². The van der Waals surface area contributed by atoms with E-state index in [9.17, 15) is 4.79 Å². The number of carbonyl (C=O) groups excluding carboxylic acids is 1. The molecule has 0 aromatic carbocycles. The maximum absolute atomic E-state index is 11.7. The third kappa shape index (κ3) is 5.91. The van der Waals surface area contributed by atoms with Crippen molar-refractivity contribution in [3.63, 3.8) is 0 Å². The molecule has 1 aliphatic rings. The molecule has 2 heterocycles. The first-order valence-electron chi connectivity index (χ1n) is 7.17. The maximum atomic E-state index is 11.7. The monoisotopic (exact) mass is 359 g/mol. The topological polar surface area (TPSA) is 44.4 Å². The van der Waals surface area contributed by atoms with Gasteiger partial charge in [0, 0.05) is 53.9 Å². The highest BCUT2D eigenvalue weighted by Crippen LogP contribution is 2.20. The molecule has 1 aromatic rings. The van der Waals surface area contributed by atoms with Crippen LogP contribution in [0, 0.1) is 0 Å². The fourth-order valence-corrected chi connectivity index (χ4v) is 3.73. The van der Waals surface area contributed by atoms with Gasteiger partial charge in [0.05, 0.1) is 0 Å². The Hall–Kier alpha value is -0.430. The lowest BCUT2D eigenvalue weighted by molar-refractivity contribution is -0.121. The van der Waals surface area contributed by atoms with E-state index in [2.05, 4.69) is 42.9 Å². The molecule has 1 saturated heterocycles. The molecule has 0 aliphatic carbocycles. The highest BCUT2D eigenvalue weighted by molar-refractivity contribution is 9.10. The van der Waals surface area contributed by atoms with E-state index in [1.165, 1.54) is 4.88 Å². The van der Waals surface area contributed by atoms with Crippen LogP contribution in [0.1, 0.15) is 17.7 Å². The van der Waals surface area contributed by atoms with Crippen molar-refractivity contribution in [1.82, 2.24) is 15.5 Å². The molecule has 0 radical (unpaired) electrons. The molecule has 0 atom stereocenters. The van der Waals surface area contributed by atoms with Crippen molar-refractivity contribution in [3.8, 4) is 0 Å². The Bertz CT molecular complexity index is 418. The van der Waals surface area contributed by atoms with Gasteiger partial charge in [-0.1, -0.05) is 0 Å². The fraction of sp³-hybridized carbons (Fsp3) is 0.643. The maximum Gasteiger partial charge on any atom is 0.220 e. The van der Waals surface area contributed by atoms with Gasteiger partial charge in [-0.25, -0.2) is 0 Å². The van der Waals surface area contributed by atoms with Gasteiger partial charge in [0.1, 0.15) is 0 Å². The summed E-state index contributed by atoms with van der Waals surface area (Å²) in [5.74, 6) is 0.162. The summed E-state index contributed by atoms with van der Waals surface area (Å²) in [6, 6.07) is 2.09. The number of nitrogens with zero attached hydrogens (tertiary/aromatic N) is 1. The standard InChI is InChI=1S/C14H22BrN3OS/c15-12-10-13(20-11-12)2-3-14(19)17-4-1-7-18-8-5-16-6-9-18/h10-11,16H,1-9H2,(H,17,19). The summed E-state index contributed by atoms with van der Waals surface area (Å²) in [5.41, 5.74) is 0. The molecule has 1 aromatic heterocycles.